The fraction of sp³-hybridized carbons (Fsp3) is 0.625. The largest absolute Gasteiger partial charge is 0.374 e. The number of rotatable bonds is 6. The molecule has 1 aliphatic heterocycles. The van der Waals surface area contributed by atoms with Crippen molar-refractivity contribution in [1.82, 2.24) is 19.9 Å². The highest BCUT2D eigenvalue weighted by Gasteiger charge is 2.21. The van der Waals surface area contributed by atoms with Crippen molar-refractivity contribution in [3.8, 4) is 0 Å². The van der Waals surface area contributed by atoms with E-state index in [1.165, 1.54) is 4.68 Å². The molecule has 0 spiro atoms. The van der Waals surface area contributed by atoms with Crippen molar-refractivity contribution in [2.75, 3.05) is 36.5 Å². The molecule has 0 amide bonds. The van der Waals surface area contributed by atoms with E-state index in [0.717, 1.165) is 25.2 Å². The Bertz CT molecular complexity index is 756. The van der Waals surface area contributed by atoms with Gasteiger partial charge in [0.1, 0.15) is 0 Å². The monoisotopic (exact) mass is 348 g/mol. The molecule has 0 aromatic carbocycles. The van der Waals surface area contributed by atoms with Gasteiger partial charge in [-0.15, -0.1) is 0 Å². The van der Waals surface area contributed by atoms with Crippen molar-refractivity contribution in [1.29, 1.82) is 0 Å². The smallest absolute Gasteiger partial charge is 0.268 e. The van der Waals surface area contributed by atoms with Crippen LogP contribution in [0.25, 0.3) is 0 Å². The van der Waals surface area contributed by atoms with Crippen LogP contribution >= 0.6 is 0 Å². The lowest BCUT2D eigenvalue weighted by Gasteiger charge is -2.34. The molecule has 136 valence electrons. The summed E-state index contributed by atoms with van der Waals surface area (Å²) < 4.78 is 12.3. The molecule has 1 aliphatic rings. The van der Waals surface area contributed by atoms with Crippen molar-refractivity contribution in [2.45, 2.75) is 32.3 Å². The second-order valence-corrected chi connectivity index (χ2v) is 6.44. The second-order valence-electron chi connectivity index (χ2n) is 6.44. The zero-order valence-electron chi connectivity index (χ0n) is 14.8. The van der Waals surface area contributed by atoms with Gasteiger partial charge in [0.05, 0.1) is 24.6 Å². The van der Waals surface area contributed by atoms with E-state index < -0.39 is 0 Å². The lowest BCUT2D eigenvalue weighted by molar-refractivity contribution is 0.0374. The van der Waals surface area contributed by atoms with E-state index in [9.17, 15) is 4.79 Å². The van der Waals surface area contributed by atoms with Gasteiger partial charge in [-0.1, -0.05) is 13.8 Å². The molecular weight excluding hydrogens is 324 g/mol. The highest BCUT2D eigenvalue weighted by atomic mass is 16.5. The van der Waals surface area contributed by atoms with Crippen LogP contribution in [0.15, 0.2) is 21.6 Å². The molecule has 1 saturated heterocycles. The highest BCUT2D eigenvalue weighted by molar-refractivity contribution is 5.43. The molecule has 0 aliphatic carbocycles. The van der Waals surface area contributed by atoms with Crippen LogP contribution in [0, 0.1) is 0 Å². The van der Waals surface area contributed by atoms with Crippen LogP contribution in [-0.2, 0) is 11.8 Å². The van der Waals surface area contributed by atoms with Gasteiger partial charge >= 0.3 is 0 Å². The van der Waals surface area contributed by atoms with Gasteiger partial charge in [-0.2, -0.15) is 10.1 Å². The third-order valence-corrected chi connectivity index (χ3v) is 4.14. The van der Waals surface area contributed by atoms with Gasteiger partial charge in [-0.3, -0.25) is 4.79 Å². The molecule has 2 aromatic heterocycles. The Balaban J connectivity index is 1.51. The molecule has 3 heterocycles. The number of aromatic nitrogens is 4. The fourth-order valence-electron chi connectivity index (χ4n) is 2.65. The summed E-state index contributed by atoms with van der Waals surface area (Å²) in [5.74, 6) is 1.35. The molecule has 2 aromatic rings. The molecule has 9 nitrogen and oxygen atoms in total. The van der Waals surface area contributed by atoms with Crippen LogP contribution in [0.1, 0.15) is 32.1 Å². The van der Waals surface area contributed by atoms with Crippen LogP contribution in [0.4, 0.5) is 11.6 Å². The Hall–Kier alpha value is -2.42. The topological polar surface area (TPSA) is 98.3 Å². The van der Waals surface area contributed by atoms with Crippen LogP contribution < -0.4 is 15.8 Å². The Morgan fingerprint density at radius 2 is 2.28 bits per heavy atom. The molecule has 1 atom stereocenters. The zero-order chi connectivity index (χ0) is 17.8. The summed E-state index contributed by atoms with van der Waals surface area (Å²) in [4.78, 5) is 18.2. The molecule has 9 heteroatoms. The van der Waals surface area contributed by atoms with E-state index in [0.29, 0.717) is 25.0 Å². The zero-order valence-corrected chi connectivity index (χ0v) is 14.8. The van der Waals surface area contributed by atoms with E-state index in [-0.39, 0.29) is 17.6 Å². The maximum absolute atomic E-state index is 11.8. The minimum absolute atomic E-state index is 0.0711. The summed E-state index contributed by atoms with van der Waals surface area (Å²) in [5.41, 5.74) is 0.726. The normalized spacial score (nSPS) is 17.9. The Morgan fingerprint density at radius 3 is 3.00 bits per heavy atom. The first-order chi connectivity index (χ1) is 12.0. The van der Waals surface area contributed by atoms with Crippen molar-refractivity contribution in [3.63, 3.8) is 0 Å². The van der Waals surface area contributed by atoms with Crippen LogP contribution in [0.2, 0.25) is 0 Å². The molecule has 1 unspecified atom stereocenters. The van der Waals surface area contributed by atoms with Crippen molar-refractivity contribution in [2.24, 2.45) is 7.05 Å². The number of ether oxygens (including phenoxy) is 1. The SMILES string of the molecule is CC(C)c1nc(NCCC2CN(c3cnn(C)c(=O)c3)CCO2)no1. The van der Waals surface area contributed by atoms with E-state index in [4.69, 9.17) is 9.26 Å². The average Bonchev–Trinajstić information content (AvgIpc) is 3.07. The first-order valence-corrected chi connectivity index (χ1v) is 8.50. The number of hydrogen-bond acceptors (Lipinski definition) is 8. The standard InChI is InChI=1S/C16H24N6O3/c1-11(2)15-19-16(20-25-15)17-5-4-13-10-22(6-7-24-13)12-8-14(23)21(3)18-9-12/h8-9,11,13H,4-7,10H2,1-3H3,(H,17,20). The summed E-state index contributed by atoms with van der Waals surface area (Å²) in [7, 11) is 1.64. The van der Waals surface area contributed by atoms with Gasteiger partial charge in [0, 0.05) is 38.7 Å². The third-order valence-electron chi connectivity index (χ3n) is 4.14. The van der Waals surface area contributed by atoms with Gasteiger partial charge in [-0.05, 0) is 11.6 Å². The maximum Gasteiger partial charge on any atom is 0.268 e. The predicted molar refractivity (Wildman–Crippen MR) is 92.9 cm³/mol. The molecular formula is C16H24N6O3. The quantitative estimate of drug-likeness (QED) is 0.825. The summed E-state index contributed by atoms with van der Waals surface area (Å²) >= 11 is 0. The lowest BCUT2D eigenvalue weighted by Crippen LogP contribution is -2.43. The van der Waals surface area contributed by atoms with Crippen LogP contribution in [0.3, 0.4) is 0 Å². The Morgan fingerprint density at radius 1 is 1.44 bits per heavy atom. The minimum atomic E-state index is -0.111. The van der Waals surface area contributed by atoms with E-state index in [1.807, 2.05) is 13.8 Å². The lowest BCUT2D eigenvalue weighted by atomic mass is 10.2. The minimum Gasteiger partial charge on any atom is -0.374 e. The van der Waals surface area contributed by atoms with Gasteiger partial charge in [0.2, 0.25) is 5.89 Å². The van der Waals surface area contributed by atoms with E-state index in [2.05, 4.69) is 25.5 Å². The summed E-state index contributed by atoms with van der Waals surface area (Å²) in [6, 6.07) is 1.61. The number of anilines is 2. The molecule has 1 N–H and O–H groups in total. The van der Waals surface area contributed by atoms with Gasteiger partial charge in [0.25, 0.3) is 11.5 Å². The van der Waals surface area contributed by atoms with E-state index >= 15 is 0 Å². The number of nitrogens with one attached hydrogen (secondary N) is 1. The molecule has 0 saturated carbocycles. The number of nitrogens with zero attached hydrogens (tertiary/aromatic N) is 5. The Kier molecular flexibility index (Phi) is 5.32. The van der Waals surface area contributed by atoms with Crippen molar-refractivity contribution >= 4 is 11.6 Å². The van der Waals surface area contributed by atoms with Gasteiger partial charge in [-0.25, -0.2) is 4.68 Å². The number of morpholine rings is 1. The maximum atomic E-state index is 11.8. The molecule has 0 bridgehead atoms. The number of aryl methyl sites for hydroxylation is 1. The molecule has 3 rings (SSSR count). The van der Waals surface area contributed by atoms with Gasteiger partial charge in [0.15, 0.2) is 0 Å². The van der Waals surface area contributed by atoms with Crippen LogP contribution in [-0.4, -0.2) is 52.3 Å². The van der Waals surface area contributed by atoms with Crippen LogP contribution in [0.5, 0.6) is 0 Å². The average molecular weight is 348 g/mol. The van der Waals surface area contributed by atoms with E-state index in [1.54, 1.807) is 19.3 Å². The first-order valence-electron chi connectivity index (χ1n) is 8.50. The first kappa shape index (κ1) is 17.4. The Labute approximate surface area is 146 Å². The molecule has 0 radical (unpaired) electrons. The second kappa shape index (κ2) is 7.64. The molecule has 25 heavy (non-hydrogen) atoms. The predicted octanol–water partition coefficient (Wildman–Crippen LogP) is 0.994. The summed E-state index contributed by atoms with van der Waals surface area (Å²) in [6.45, 7) is 6.80. The third kappa shape index (κ3) is 4.36. The summed E-state index contributed by atoms with van der Waals surface area (Å²) in [5, 5.41) is 11.1. The van der Waals surface area contributed by atoms with Crippen molar-refractivity contribution < 1.29 is 9.26 Å². The highest BCUT2D eigenvalue weighted by Crippen LogP contribution is 2.17. The van der Waals surface area contributed by atoms with Crippen molar-refractivity contribution in [3.05, 3.63) is 28.5 Å². The van der Waals surface area contributed by atoms with Gasteiger partial charge < -0.3 is 19.5 Å². The summed E-state index contributed by atoms with van der Waals surface area (Å²) in [6.07, 6.45) is 2.59. The molecule has 1 fully saturated rings. The number of hydrogen-bond donors (Lipinski definition) is 1. The fourth-order valence-corrected chi connectivity index (χ4v) is 2.65.